The minimum absolute atomic E-state index is 0. The maximum absolute atomic E-state index is 12.6. The molecule has 4 rings (SSSR count). The average Bonchev–Trinajstić information content (AvgIpc) is 2.80. The van der Waals surface area contributed by atoms with E-state index in [4.69, 9.17) is 5.11 Å². The summed E-state index contributed by atoms with van der Waals surface area (Å²) in [6.45, 7) is 2.73. The molecule has 3 fully saturated rings. The van der Waals surface area contributed by atoms with Gasteiger partial charge < -0.3 is 14.9 Å². The Kier molecular flexibility index (Phi) is 9.12. The number of likely N-dealkylation sites (tertiary alicyclic amines) is 1. The number of rotatable bonds is 5. The number of anilines is 1. The third-order valence-corrected chi connectivity index (χ3v) is 7.01. The van der Waals surface area contributed by atoms with Gasteiger partial charge in [0.25, 0.3) is 0 Å². The van der Waals surface area contributed by atoms with Gasteiger partial charge in [-0.2, -0.15) is 0 Å². The second-order valence-corrected chi connectivity index (χ2v) is 9.08. The smallest absolute Gasteiger partial charge is 0.306 e. The first kappa shape index (κ1) is 25.9. The number of carbonyl (C=O) groups excluding carboxylic acids is 3. The molecule has 3 aliphatic rings. The van der Waals surface area contributed by atoms with Crippen LogP contribution in [0, 0.1) is 49.6 Å². The van der Waals surface area contributed by atoms with Gasteiger partial charge in [0.05, 0.1) is 11.8 Å². The minimum Gasteiger partial charge on any atom is -0.481 e. The van der Waals surface area contributed by atoms with E-state index in [1.807, 2.05) is 17.0 Å². The Morgan fingerprint density at radius 3 is 2.30 bits per heavy atom. The van der Waals surface area contributed by atoms with Gasteiger partial charge in [-0.25, -0.2) is 4.98 Å². The molecule has 1 unspecified atom stereocenters. The fourth-order valence-corrected chi connectivity index (χ4v) is 4.92. The van der Waals surface area contributed by atoms with Gasteiger partial charge in [-0.15, -0.1) is 0 Å². The van der Waals surface area contributed by atoms with Gasteiger partial charge in [0.15, 0.2) is 0 Å². The summed E-state index contributed by atoms with van der Waals surface area (Å²) in [7, 11) is 0. The fourth-order valence-electron chi connectivity index (χ4n) is 4.92. The maximum Gasteiger partial charge on any atom is 0.306 e. The summed E-state index contributed by atoms with van der Waals surface area (Å²) >= 11 is 0. The summed E-state index contributed by atoms with van der Waals surface area (Å²) in [5.74, 6) is -0.555. The van der Waals surface area contributed by atoms with Gasteiger partial charge in [0.1, 0.15) is 5.82 Å². The molecule has 0 aromatic carbocycles. The molecule has 0 aliphatic carbocycles. The number of carboxylic acid groups (broad SMARTS) is 1. The molecule has 0 bridgehead atoms. The van der Waals surface area contributed by atoms with Crippen molar-refractivity contribution < 1.29 is 62.0 Å². The van der Waals surface area contributed by atoms with Gasteiger partial charge in [0, 0.05) is 83.0 Å². The molecule has 1 aromatic rings. The zero-order chi connectivity index (χ0) is 22.7. The van der Waals surface area contributed by atoms with E-state index in [1.165, 1.54) is 0 Å². The summed E-state index contributed by atoms with van der Waals surface area (Å²) in [6.07, 6.45) is 6.02. The second kappa shape index (κ2) is 11.6. The van der Waals surface area contributed by atoms with Gasteiger partial charge >= 0.3 is 5.97 Å². The molecule has 0 saturated carbocycles. The van der Waals surface area contributed by atoms with Crippen molar-refractivity contribution in [2.24, 2.45) is 11.8 Å². The fraction of sp³-hybridized carbons (Fsp3) is 0.609. The molecule has 1 aromatic heterocycles. The number of nitrogens with one attached hydrogen (secondary N) is 1. The van der Waals surface area contributed by atoms with Crippen LogP contribution in [0.2, 0.25) is 0 Å². The van der Waals surface area contributed by atoms with Gasteiger partial charge in [-0.05, 0) is 49.7 Å². The third-order valence-electron chi connectivity index (χ3n) is 7.01. The first-order valence-corrected chi connectivity index (χ1v) is 11.5. The summed E-state index contributed by atoms with van der Waals surface area (Å²) in [4.78, 5) is 55.7. The summed E-state index contributed by atoms with van der Waals surface area (Å²) in [5.41, 5.74) is 0.825. The Morgan fingerprint density at radius 1 is 1.03 bits per heavy atom. The molecule has 180 valence electrons. The van der Waals surface area contributed by atoms with E-state index >= 15 is 0 Å². The third kappa shape index (κ3) is 6.45. The van der Waals surface area contributed by atoms with Crippen molar-refractivity contribution in [2.75, 3.05) is 31.1 Å². The number of amides is 3. The minimum atomic E-state index is -0.761. The van der Waals surface area contributed by atoms with Crippen molar-refractivity contribution in [3.63, 3.8) is 0 Å². The number of aliphatic carboxylic acids is 1. The van der Waals surface area contributed by atoms with E-state index in [-0.39, 0.29) is 67.3 Å². The van der Waals surface area contributed by atoms with Crippen molar-refractivity contribution >= 4 is 29.5 Å². The van der Waals surface area contributed by atoms with Crippen LogP contribution in [0.5, 0.6) is 0 Å². The Hall–Kier alpha value is -1.71. The Labute approximate surface area is 223 Å². The molecule has 4 heterocycles. The molecule has 33 heavy (non-hydrogen) atoms. The Bertz CT molecular complexity index is 877. The monoisotopic (exact) mass is 482 g/mol. The Morgan fingerprint density at radius 2 is 1.73 bits per heavy atom. The molecule has 1 atom stereocenters. The molecule has 3 aliphatic heterocycles. The SMILES string of the molecule is O=C1CCC(c2ccc(N3CCC(CC(=O)N4CCC(C(=O)O)CC4)CC3)nc2)C(=O)N1.[Ar]. The van der Waals surface area contributed by atoms with E-state index in [0.717, 1.165) is 37.3 Å². The molecule has 3 amide bonds. The van der Waals surface area contributed by atoms with Crippen LogP contribution in [0.15, 0.2) is 18.3 Å². The molecule has 0 radical (unpaired) electrons. The molecular formula is C23H30ArN4O5. The van der Waals surface area contributed by atoms with Crippen LogP contribution in [0.25, 0.3) is 0 Å². The predicted molar refractivity (Wildman–Crippen MR) is 116 cm³/mol. The van der Waals surface area contributed by atoms with Crippen molar-refractivity contribution in [3.05, 3.63) is 23.9 Å². The molecular weight excluding hydrogens is 452 g/mol. The second-order valence-electron chi connectivity index (χ2n) is 9.08. The van der Waals surface area contributed by atoms with E-state index in [9.17, 15) is 19.2 Å². The maximum atomic E-state index is 12.6. The van der Waals surface area contributed by atoms with Crippen LogP contribution < -0.4 is 10.2 Å². The van der Waals surface area contributed by atoms with Crippen LogP contribution in [0.4, 0.5) is 5.82 Å². The van der Waals surface area contributed by atoms with E-state index in [2.05, 4.69) is 15.2 Å². The first-order valence-electron chi connectivity index (χ1n) is 11.5. The predicted octanol–water partition coefficient (Wildman–Crippen LogP) is 1.53. The zero-order valence-electron chi connectivity index (χ0n) is 18.5. The first-order chi connectivity index (χ1) is 15.4. The summed E-state index contributed by atoms with van der Waals surface area (Å²) in [5, 5.41) is 11.5. The van der Waals surface area contributed by atoms with Crippen LogP contribution >= 0.6 is 0 Å². The van der Waals surface area contributed by atoms with Crippen LogP contribution in [-0.2, 0) is 19.2 Å². The molecule has 3 saturated heterocycles. The van der Waals surface area contributed by atoms with Crippen molar-refractivity contribution in [1.29, 1.82) is 0 Å². The van der Waals surface area contributed by atoms with Gasteiger partial charge in [0.2, 0.25) is 17.7 Å². The van der Waals surface area contributed by atoms with Crippen LogP contribution in [0.3, 0.4) is 0 Å². The quantitative estimate of drug-likeness (QED) is 0.611. The number of piperidine rings is 3. The normalized spacial score (nSPS) is 22.5. The average molecular weight is 482 g/mol. The standard InChI is InChI=1S/C23H30N4O5.Ar/c28-20-4-2-18(22(30)25-20)17-1-3-19(24-14-17)26-9-5-15(6-10-26)13-21(29)27-11-7-16(8-12-27)23(31)32;/h1,3,14-16,18H,2,4-13H2,(H,31,32)(H,25,28,30);. The van der Waals surface area contributed by atoms with E-state index < -0.39 is 5.97 Å². The molecule has 10 heteroatoms. The van der Waals surface area contributed by atoms with Crippen LogP contribution in [-0.4, -0.2) is 64.9 Å². The van der Waals surface area contributed by atoms with Crippen molar-refractivity contribution in [3.8, 4) is 0 Å². The number of hydrogen-bond acceptors (Lipinski definition) is 6. The molecule has 9 nitrogen and oxygen atoms in total. The van der Waals surface area contributed by atoms with Gasteiger partial charge in [-0.1, -0.05) is 6.07 Å². The number of nitrogens with zero attached hydrogens (tertiary/aromatic N) is 3. The number of hydrogen-bond donors (Lipinski definition) is 2. The summed E-state index contributed by atoms with van der Waals surface area (Å²) < 4.78 is 0. The van der Waals surface area contributed by atoms with E-state index in [0.29, 0.717) is 51.1 Å². The van der Waals surface area contributed by atoms with Crippen molar-refractivity contribution in [2.45, 2.75) is 50.9 Å². The topological polar surface area (TPSA) is 120 Å². The zero-order valence-corrected chi connectivity index (χ0v) is 19.2. The molecule has 0 spiro atoms. The van der Waals surface area contributed by atoms with Gasteiger partial charge in [-0.3, -0.25) is 24.5 Å². The number of aromatic nitrogens is 1. The number of pyridine rings is 1. The van der Waals surface area contributed by atoms with E-state index in [1.54, 1.807) is 6.20 Å². The molecule has 2 N–H and O–H groups in total. The summed E-state index contributed by atoms with van der Waals surface area (Å²) in [6, 6.07) is 3.84. The van der Waals surface area contributed by atoms with Crippen LogP contribution in [0.1, 0.15) is 56.4 Å². The van der Waals surface area contributed by atoms with Crippen molar-refractivity contribution in [1.82, 2.24) is 15.2 Å². The Balaban J connectivity index is 0.00000306. The largest absolute Gasteiger partial charge is 0.481 e. The number of imide groups is 1. The number of carbonyl (C=O) groups is 4. The number of carboxylic acids is 1.